The molecule has 4 aromatic heterocycles. The zero-order chi connectivity index (χ0) is 37.7. The summed E-state index contributed by atoms with van der Waals surface area (Å²) in [6, 6.07) is 6.25. The van der Waals surface area contributed by atoms with Crippen LogP contribution in [0.15, 0.2) is 42.6 Å². The molecule has 20 heteroatoms. The van der Waals surface area contributed by atoms with Gasteiger partial charge in [0.1, 0.15) is 35.1 Å². The van der Waals surface area contributed by atoms with Crippen LogP contribution in [0.3, 0.4) is 0 Å². The van der Waals surface area contributed by atoms with E-state index >= 15 is 8.78 Å². The number of fused-ring (bicyclic) bond motifs is 5. The third-order valence-corrected chi connectivity index (χ3v) is 10.3. The highest BCUT2D eigenvalue weighted by atomic mass is 35.5. The number of rotatable bonds is 10. The van der Waals surface area contributed by atoms with Crippen molar-refractivity contribution in [3.63, 3.8) is 0 Å². The molecule has 0 aliphatic heterocycles. The predicted octanol–water partition coefficient (Wildman–Crippen LogP) is 6.26. The number of benzene rings is 2. The van der Waals surface area contributed by atoms with Crippen LogP contribution in [0.4, 0.5) is 32.2 Å². The molecule has 4 heterocycles. The number of halogens is 7. The van der Waals surface area contributed by atoms with Gasteiger partial charge in [0.25, 0.3) is 12.3 Å². The molecule has 0 radical (unpaired) electrons. The van der Waals surface area contributed by atoms with Gasteiger partial charge in [-0.05, 0) is 48.6 Å². The van der Waals surface area contributed by atoms with Gasteiger partial charge >= 0.3 is 0 Å². The van der Waals surface area contributed by atoms with Crippen molar-refractivity contribution in [1.82, 2.24) is 40.1 Å². The maximum atomic E-state index is 15.3. The standard InChI is InChI=1S/C33H26ClF6N9O3S/c1-48-29-16(3-4-20(34)26(29)32(46-48)47-53(2,51)52)17-10-21-23(11-41-44-21)43-27(17)22(7-13-5-14(35)8-15(36)6-13)42-24(50)12-49-30-25(28(45-49)31(37)38)18-9-19(18)33(30,39)40/h3-6,8,10-11,18-19,22,31H,7,9,12H2,1-2H3,(H,41,44)(H,42,50)(H,46,47)/t18-,19+,22-/m0/s1. The fraction of sp³-hybridized carbons (Fsp3) is 0.303. The number of nitrogens with zero attached hydrogens (tertiary/aromatic N) is 6. The van der Waals surface area contributed by atoms with Crippen LogP contribution in [0.25, 0.3) is 33.1 Å². The van der Waals surface area contributed by atoms with Crippen LogP contribution in [-0.2, 0) is 40.8 Å². The largest absolute Gasteiger partial charge is 0.346 e. The summed E-state index contributed by atoms with van der Waals surface area (Å²) in [6.45, 7) is -0.880. The number of aryl methyl sites for hydroxylation is 1. The van der Waals surface area contributed by atoms with Crippen molar-refractivity contribution in [3.05, 3.63) is 87.5 Å². The minimum absolute atomic E-state index is 0.0370. The second-order valence-corrected chi connectivity index (χ2v) is 15.3. The van der Waals surface area contributed by atoms with E-state index in [1.54, 1.807) is 19.2 Å². The molecule has 2 aliphatic carbocycles. The van der Waals surface area contributed by atoms with Crippen molar-refractivity contribution in [2.45, 2.75) is 43.7 Å². The monoisotopic (exact) mass is 777 g/mol. The molecule has 0 spiro atoms. The molecule has 276 valence electrons. The molecule has 3 atom stereocenters. The Morgan fingerprint density at radius 3 is 2.53 bits per heavy atom. The summed E-state index contributed by atoms with van der Waals surface area (Å²) in [5, 5.41) is 18.0. The molecular weight excluding hydrogens is 752 g/mol. The Balaban J connectivity index is 1.26. The molecule has 1 amide bonds. The van der Waals surface area contributed by atoms with Crippen LogP contribution in [0.1, 0.15) is 53.0 Å². The van der Waals surface area contributed by atoms with E-state index in [1.807, 2.05) is 0 Å². The number of hydrogen-bond donors (Lipinski definition) is 3. The normalized spacial score (nSPS) is 18.1. The second kappa shape index (κ2) is 12.2. The third kappa shape index (κ3) is 6.04. The average molecular weight is 778 g/mol. The zero-order valence-electron chi connectivity index (χ0n) is 27.4. The van der Waals surface area contributed by atoms with Gasteiger partial charge in [-0.2, -0.15) is 24.1 Å². The van der Waals surface area contributed by atoms with E-state index in [1.165, 1.54) is 16.9 Å². The highest BCUT2D eigenvalue weighted by Gasteiger charge is 2.67. The van der Waals surface area contributed by atoms with Gasteiger partial charge in [0.05, 0.1) is 45.6 Å². The number of amides is 1. The summed E-state index contributed by atoms with van der Waals surface area (Å²) >= 11 is 6.56. The van der Waals surface area contributed by atoms with E-state index in [0.29, 0.717) is 38.4 Å². The zero-order valence-corrected chi connectivity index (χ0v) is 29.0. The van der Waals surface area contributed by atoms with Gasteiger partial charge in [-0.3, -0.25) is 24.0 Å². The molecule has 0 saturated heterocycles. The van der Waals surface area contributed by atoms with Crippen molar-refractivity contribution in [2.24, 2.45) is 13.0 Å². The van der Waals surface area contributed by atoms with E-state index in [9.17, 15) is 30.8 Å². The van der Waals surface area contributed by atoms with Gasteiger partial charge in [0.2, 0.25) is 15.9 Å². The fourth-order valence-corrected chi connectivity index (χ4v) is 8.09. The molecule has 3 N–H and O–H groups in total. The van der Waals surface area contributed by atoms with E-state index in [2.05, 4.69) is 30.4 Å². The number of alkyl halides is 4. The molecule has 8 rings (SSSR count). The van der Waals surface area contributed by atoms with Crippen molar-refractivity contribution < 1.29 is 39.6 Å². The lowest BCUT2D eigenvalue weighted by Gasteiger charge is -2.23. The lowest BCUT2D eigenvalue weighted by atomic mass is 9.93. The van der Waals surface area contributed by atoms with Gasteiger partial charge in [0, 0.05) is 35.7 Å². The molecule has 2 aromatic carbocycles. The molecule has 1 saturated carbocycles. The summed E-state index contributed by atoms with van der Waals surface area (Å²) in [7, 11) is -2.26. The van der Waals surface area contributed by atoms with Crippen molar-refractivity contribution in [3.8, 4) is 11.1 Å². The summed E-state index contributed by atoms with van der Waals surface area (Å²) in [4.78, 5) is 18.6. The molecule has 2 aliphatic rings. The smallest absolute Gasteiger partial charge is 0.293 e. The number of sulfonamides is 1. The number of anilines is 1. The van der Waals surface area contributed by atoms with Gasteiger partial charge < -0.3 is 5.32 Å². The maximum Gasteiger partial charge on any atom is 0.293 e. The van der Waals surface area contributed by atoms with Crippen molar-refractivity contribution in [2.75, 3.05) is 11.0 Å². The Morgan fingerprint density at radius 2 is 1.83 bits per heavy atom. The van der Waals surface area contributed by atoms with Crippen molar-refractivity contribution >= 4 is 55.3 Å². The molecular formula is C33H26ClF6N9O3S. The molecule has 6 aromatic rings. The number of H-pyrrole nitrogens is 1. The highest BCUT2D eigenvalue weighted by Crippen LogP contribution is 2.68. The first kappa shape index (κ1) is 34.9. The Morgan fingerprint density at radius 1 is 1.09 bits per heavy atom. The van der Waals surface area contributed by atoms with Gasteiger partial charge in [-0.1, -0.05) is 17.7 Å². The Hall–Kier alpha value is -5.17. The summed E-state index contributed by atoms with van der Waals surface area (Å²) in [5.74, 6) is -8.22. The number of pyridine rings is 1. The number of aromatic nitrogens is 7. The SMILES string of the molecule is Cn1nc(NS(C)(=O)=O)c2c(Cl)ccc(-c3cc4[nH]ncc4nc3[C@H](Cc3cc(F)cc(F)c3)NC(=O)Cn3nc(C(F)F)c4c3C(F)(F)[C@@H]3C[C@H]43)c21. The third-order valence-electron chi connectivity index (χ3n) is 9.45. The van der Waals surface area contributed by atoms with Crippen LogP contribution in [0, 0.1) is 17.6 Å². The summed E-state index contributed by atoms with van der Waals surface area (Å²) in [5.41, 5.74) is 0.200. The summed E-state index contributed by atoms with van der Waals surface area (Å²) < 4.78 is 116. The second-order valence-electron chi connectivity index (χ2n) is 13.2. The van der Waals surface area contributed by atoms with Crippen LogP contribution < -0.4 is 10.0 Å². The van der Waals surface area contributed by atoms with Gasteiger partial charge in [-0.25, -0.2) is 31.0 Å². The Kier molecular flexibility index (Phi) is 8.02. The Bertz CT molecular complexity index is 2590. The van der Waals surface area contributed by atoms with Crippen LogP contribution >= 0.6 is 11.6 Å². The highest BCUT2D eigenvalue weighted by molar-refractivity contribution is 7.92. The number of nitrogens with one attached hydrogen (secondary N) is 3. The molecule has 53 heavy (non-hydrogen) atoms. The number of hydrogen-bond acceptors (Lipinski definition) is 7. The quantitative estimate of drug-likeness (QED) is 0.139. The first-order chi connectivity index (χ1) is 25.0. The number of carbonyl (C=O) groups is 1. The van der Waals surface area contributed by atoms with Crippen LogP contribution in [0.5, 0.6) is 0 Å². The first-order valence-electron chi connectivity index (χ1n) is 16.0. The van der Waals surface area contributed by atoms with Crippen LogP contribution in [-0.4, -0.2) is 55.3 Å². The molecule has 1 fully saturated rings. The van der Waals surface area contributed by atoms with Crippen LogP contribution in [0.2, 0.25) is 5.02 Å². The lowest BCUT2D eigenvalue weighted by Crippen LogP contribution is -2.35. The summed E-state index contributed by atoms with van der Waals surface area (Å²) in [6.07, 6.45) is -1.06. The Labute approximate surface area is 300 Å². The topological polar surface area (TPSA) is 152 Å². The van der Waals surface area contributed by atoms with Crippen molar-refractivity contribution in [1.29, 1.82) is 0 Å². The first-order valence-corrected chi connectivity index (χ1v) is 18.3. The van der Waals surface area contributed by atoms with E-state index in [-0.39, 0.29) is 45.9 Å². The number of carbonyl (C=O) groups excluding carboxylic acids is 1. The van der Waals surface area contributed by atoms with E-state index in [0.717, 1.165) is 18.4 Å². The minimum Gasteiger partial charge on any atom is -0.346 e. The molecule has 0 unspecified atom stereocenters. The molecule has 12 nitrogen and oxygen atoms in total. The van der Waals surface area contributed by atoms with Gasteiger partial charge in [0.15, 0.2) is 5.82 Å². The average Bonchev–Trinajstić information content (AvgIpc) is 3.28. The predicted molar refractivity (Wildman–Crippen MR) is 180 cm³/mol. The van der Waals surface area contributed by atoms with E-state index < -0.39 is 75.7 Å². The lowest BCUT2D eigenvalue weighted by molar-refractivity contribution is -0.123. The fourth-order valence-electron chi connectivity index (χ4n) is 7.35. The maximum absolute atomic E-state index is 15.3. The number of aromatic amines is 1. The molecule has 0 bridgehead atoms. The van der Waals surface area contributed by atoms with Gasteiger partial charge in [-0.15, -0.1) is 0 Å². The minimum atomic E-state index is -3.80. The van der Waals surface area contributed by atoms with E-state index in [4.69, 9.17) is 16.6 Å².